The highest BCUT2D eigenvalue weighted by Gasteiger charge is 2.34. The number of carbonyl (C=O) groups excluding carboxylic acids is 3. The van der Waals surface area contributed by atoms with Crippen molar-refractivity contribution in [1.29, 1.82) is 0 Å². The number of furan rings is 1. The molecule has 0 bridgehead atoms. The molecular formula is C20H19N3O4. The van der Waals surface area contributed by atoms with Crippen LogP contribution in [0, 0.1) is 18.3 Å². The summed E-state index contributed by atoms with van der Waals surface area (Å²) in [7, 11) is 0. The van der Waals surface area contributed by atoms with Crippen LogP contribution in [-0.4, -0.2) is 35.7 Å². The van der Waals surface area contributed by atoms with E-state index in [2.05, 4.69) is 16.6 Å². The minimum absolute atomic E-state index is 0.109. The van der Waals surface area contributed by atoms with Crippen LogP contribution >= 0.6 is 0 Å². The molecule has 3 amide bonds. The van der Waals surface area contributed by atoms with Crippen LogP contribution in [-0.2, 0) is 20.9 Å². The fourth-order valence-corrected chi connectivity index (χ4v) is 2.89. The largest absolute Gasteiger partial charge is 0.467 e. The van der Waals surface area contributed by atoms with Gasteiger partial charge in [-0.3, -0.25) is 14.4 Å². The zero-order chi connectivity index (χ0) is 19.2. The van der Waals surface area contributed by atoms with Crippen molar-refractivity contribution >= 4 is 23.4 Å². The Morgan fingerprint density at radius 1 is 1.30 bits per heavy atom. The van der Waals surface area contributed by atoms with E-state index in [1.807, 2.05) is 0 Å². The lowest BCUT2D eigenvalue weighted by Crippen LogP contribution is -2.37. The van der Waals surface area contributed by atoms with E-state index >= 15 is 0 Å². The Balaban J connectivity index is 1.47. The van der Waals surface area contributed by atoms with Gasteiger partial charge in [-0.25, -0.2) is 0 Å². The number of anilines is 1. The Labute approximate surface area is 156 Å². The van der Waals surface area contributed by atoms with Gasteiger partial charge in [-0.2, -0.15) is 0 Å². The molecule has 1 unspecified atom stereocenters. The van der Waals surface area contributed by atoms with Crippen molar-refractivity contribution in [3.63, 3.8) is 0 Å². The molecule has 7 nitrogen and oxygen atoms in total. The maximum absolute atomic E-state index is 12.3. The summed E-state index contributed by atoms with van der Waals surface area (Å²) in [5.41, 5.74) is 1.21. The molecule has 1 atom stereocenters. The Hall–Kier alpha value is -3.53. The second-order valence-electron chi connectivity index (χ2n) is 6.25. The van der Waals surface area contributed by atoms with Crippen LogP contribution in [0.5, 0.6) is 0 Å². The number of amides is 3. The smallest absolute Gasteiger partial charge is 0.243 e. The highest BCUT2D eigenvalue weighted by atomic mass is 16.3. The quantitative estimate of drug-likeness (QED) is 0.756. The first kappa shape index (κ1) is 18.3. The van der Waals surface area contributed by atoms with E-state index in [4.69, 9.17) is 10.8 Å². The van der Waals surface area contributed by atoms with Gasteiger partial charge in [0.25, 0.3) is 0 Å². The molecule has 138 valence electrons. The average molecular weight is 365 g/mol. The van der Waals surface area contributed by atoms with E-state index in [1.54, 1.807) is 41.3 Å². The molecule has 3 rings (SSSR count). The number of carbonyl (C=O) groups is 3. The zero-order valence-corrected chi connectivity index (χ0v) is 14.6. The fraction of sp³-hybridized carbons (Fsp3) is 0.250. The summed E-state index contributed by atoms with van der Waals surface area (Å²) in [6.07, 6.45) is 6.99. The predicted octanol–water partition coefficient (Wildman–Crippen LogP) is 1.36. The van der Waals surface area contributed by atoms with Crippen LogP contribution in [0.2, 0.25) is 0 Å². The molecule has 1 aliphatic rings. The third-order valence-corrected chi connectivity index (χ3v) is 4.25. The summed E-state index contributed by atoms with van der Waals surface area (Å²) in [5, 5.41) is 5.25. The summed E-state index contributed by atoms with van der Waals surface area (Å²) < 4.78 is 5.23. The minimum Gasteiger partial charge on any atom is -0.467 e. The molecule has 1 aliphatic heterocycles. The van der Waals surface area contributed by atoms with Crippen LogP contribution in [0.3, 0.4) is 0 Å². The van der Waals surface area contributed by atoms with Crippen molar-refractivity contribution in [3.8, 4) is 12.3 Å². The van der Waals surface area contributed by atoms with Crippen LogP contribution < -0.4 is 10.6 Å². The van der Waals surface area contributed by atoms with Gasteiger partial charge in [-0.1, -0.05) is 12.0 Å². The Morgan fingerprint density at radius 2 is 2.15 bits per heavy atom. The van der Waals surface area contributed by atoms with Gasteiger partial charge in [0.1, 0.15) is 5.76 Å². The van der Waals surface area contributed by atoms with Gasteiger partial charge in [0, 0.05) is 24.2 Å². The molecule has 0 saturated carbocycles. The highest BCUT2D eigenvalue weighted by molar-refractivity contribution is 5.96. The standard InChI is InChI=1S/C20H19N3O4/c1-2-14-5-3-6-16(9-14)22-18(24)11-21-20(26)15-10-19(25)23(12-15)13-17-7-4-8-27-17/h1,3-9,15H,10-13H2,(H,21,26)(H,22,24). The lowest BCUT2D eigenvalue weighted by molar-refractivity contribution is -0.129. The Bertz CT molecular complexity index is 883. The van der Waals surface area contributed by atoms with Gasteiger partial charge in [0.2, 0.25) is 17.7 Å². The lowest BCUT2D eigenvalue weighted by Gasteiger charge is -2.15. The number of benzene rings is 1. The number of hydrogen-bond acceptors (Lipinski definition) is 4. The zero-order valence-electron chi connectivity index (χ0n) is 14.6. The van der Waals surface area contributed by atoms with Gasteiger partial charge in [-0.15, -0.1) is 6.42 Å². The van der Waals surface area contributed by atoms with E-state index in [0.29, 0.717) is 30.1 Å². The van der Waals surface area contributed by atoms with Crippen molar-refractivity contribution in [3.05, 3.63) is 54.0 Å². The Morgan fingerprint density at radius 3 is 2.89 bits per heavy atom. The average Bonchev–Trinajstić information content (AvgIpc) is 3.30. The molecular weight excluding hydrogens is 346 g/mol. The van der Waals surface area contributed by atoms with Crippen molar-refractivity contribution in [2.75, 3.05) is 18.4 Å². The molecule has 1 fully saturated rings. The first-order chi connectivity index (χ1) is 13.0. The maximum Gasteiger partial charge on any atom is 0.243 e. The molecule has 1 aromatic heterocycles. The molecule has 27 heavy (non-hydrogen) atoms. The van der Waals surface area contributed by atoms with E-state index in [0.717, 1.165) is 0 Å². The van der Waals surface area contributed by atoms with Crippen molar-refractivity contribution in [2.45, 2.75) is 13.0 Å². The number of nitrogens with one attached hydrogen (secondary N) is 2. The first-order valence-corrected chi connectivity index (χ1v) is 8.49. The van der Waals surface area contributed by atoms with Gasteiger partial charge < -0.3 is 20.0 Å². The normalized spacial score (nSPS) is 16.0. The van der Waals surface area contributed by atoms with Gasteiger partial charge in [0.15, 0.2) is 0 Å². The van der Waals surface area contributed by atoms with E-state index < -0.39 is 5.92 Å². The lowest BCUT2D eigenvalue weighted by atomic mass is 10.1. The number of hydrogen-bond donors (Lipinski definition) is 2. The molecule has 1 aromatic carbocycles. The van der Waals surface area contributed by atoms with Crippen LogP contribution in [0.15, 0.2) is 47.1 Å². The van der Waals surface area contributed by atoms with Gasteiger partial charge >= 0.3 is 0 Å². The molecule has 2 N–H and O–H groups in total. The van der Waals surface area contributed by atoms with Crippen LogP contribution in [0.4, 0.5) is 5.69 Å². The number of likely N-dealkylation sites (tertiary alicyclic amines) is 1. The molecule has 0 aliphatic carbocycles. The predicted molar refractivity (Wildman–Crippen MR) is 98.2 cm³/mol. The maximum atomic E-state index is 12.3. The number of terminal acetylenes is 1. The van der Waals surface area contributed by atoms with Gasteiger partial charge in [0.05, 0.1) is 25.3 Å². The summed E-state index contributed by atoms with van der Waals surface area (Å²) >= 11 is 0. The summed E-state index contributed by atoms with van der Waals surface area (Å²) in [5.74, 6) is 1.87. The second-order valence-corrected chi connectivity index (χ2v) is 6.25. The highest BCUT2D eigenvalue weighted by Crippen LogP contribution is 2.20. The SMILES string of the molecule is C#Cc1cccc(NC(=O)CNC(=O)C2CC(=O)N(Cc3ccco3)C2)c1. The van der Waals surface area contributed by atoms with Crippen molar-refractivity contribution in [2.24, 2.45) is 5.92 Å². The topological polar surface area (TPSA) is 91.7 Å². The van der Waals surface area contributed by atoms with E-state index in [9.17, 15) is 14.4 Å². The van der Waals surface area contributed by atoms with Crippen molar-refractivity contribution < 1.29 is 18.8 Å². The molecule has 1 saturated heterocycles. The summed E-state index contributed by atoms with van der Waals surface area (Å²) in [6.45, 7) is 0.459. The minimum atomic E-state index is -0.481. The molecule has 7 heteroatoms. The van der Waals surface area contributed by atoms with E-state index in [1.165, 1.54) is 6.26 Å². The second kappa shape index (κ2) is 8.23. The molecule has 0 spiro atoms. The molecule has 2 aromatic rings. The van der Waals surface area contributed by atoms with Crippen molar-refractivity contribution in [1.82, 2.24) is 10.2 Å². The summed E-state index contributed by atoms with van der Waals surface area (Å²) in [4.78, 5) is 37.9. The molecule has 0 radical (unpaired) electrons. The third-order valence-electron chi connectivity index (χ3n) is 4.25. The van der Waals surface area contributed by atoms with Crippen LogP contribution in [0.25, 0.3) is 0 Å². The summed E-state index contributed by atoms with van der Waals surface area (Å²) in [6, 6.07) is 10.4. The molecule has 2 heterocycles. The van der Waals surface area contributed by atoms with Gasteiger partial charge in [-0.05, 0) is 30.3 Å². The first-order valence-electron chi connectivity index (χ1n) is 8.49. The number of nitrogens with zero attached hydrogens (tertiary/aromatic N) is 1. The fourth-order valence-electron chi connectivity index (χ4n) is 2.89. The van der Waals surface area contributed by atoms with E-state index in [-0.39, 0.29) is 30.7 Å². The monoisotopic (exact) mass is 365 g/mol. The third kappa shape index (κ3) is 4.76. The Kier molecular flexibility index (Phi) is 5.57. The number of rotatable bonds is 6. The van der Waals surface area contributed by atoms with Crippen LogP contribution in [0.1, 0.15) is 17.7 Å².